The number of aryl methyl sites for hydroxylation is 2. The molecule has 1 aliphatic heterocycles. The van der Waals surface area contributed by atoms with Gasteiger partial charge in [0.2, 0.25) is 0 Å². The summed E-state index contributed by atoms with van der Waals surface area (Å²) < 4.78 is 16.1. The molecule has 0 unspecified atom stereocenters. The van der Waals surface area contributed by atoms with Crippen LogP contribution in [-0.2, 0) is 22.4 Å². The Bertz CT molecular complexity index is 929. The van der Waals surface area contributed by atoms with Crippen LogP contribution in [0, 0.1) is 0 Å². The third-order valence-electron chi connectivity index (χ3n) is 4.99. The van der Waals surface area contributed by atoms with Crippen LogP contribution in [0.5, 0.6) is 11.5 Å². The lowest BCUT2D eigenvalue weighted by molar-refractivity contribution is -0.136. The van der Waals surface area contributed by atoms with Crippen LogP contribution in [-0.4, -0.2) is 31.6 Å². The smallest absolute Gasteiger partial charge is 0.331 e. The number of Topliss-reactive ketones (excluding diaryl/α,β-unsaturated/α-hetero) is 1. The predicted octanol–water partition coefficient (Wildman–Crippen LogP) is 3.78. The lowest BCUT2D eigenvalue weighted by atomic mass is 9.90. The van der Waals surface area contributed by atoms with E-state index in [2.05, 4.69) is 0 Å². The van der Waals surface area contributed by atoms with Gasteiger partial charge in [-0.1, -0.05) is 18.2 Å². The third-order valence-corrected chi connectivity index (χ3v) is 4.99. The fourth-order valence-corrected chi connectivity index (χ4v) is 3.50. The molecule has 5 heteroatoms. The molecule has 1 heterocycles. The number of benzene rings is 2. The minimum absolute atomic E-state index is 0.186. The van der Waals surface area contributed by atoms with Crippen LogP contribution in [0.2, 0.25) is 0 Å². The maximum absolute atomic E-state index is 12.3. The fourth-order valence-electron chi connectivity index (χ4n) is 3.50. The van der Waals surface area contributed by atoms with Crippen LogP contribution in [0.1, 0.15) is 39.9 Å². The van der Waals surface area contributed by atoms with E-state index in [1.165, 1.54) is 23.6 Å². The van der Waals surface area contributed by atoms with Gasteiger partial charge in [-0.25, -0.2) is 4.79 Å². The van der Waals surface area contributed by atoms with E-state index in [9.17, 15) is 9.59 Å². The Hall–Kier alpha value is -3.08. The normalized spacial score (nSPS) is 15.1. The Morgan fingerprint density at radius 3 is 2.57 bits per heavy atom. The molecule has 0 saturated carbocycles. The Morgan fingerprint density at radius 1 is 0.929 bits per heavy atom. The van der Waals surface area contributed by atoms with Crippen molar-refractivity contribution in [3.63, 3.8) is 0 Å². The van der Waals surface area contributed by atoms with Gasteiger partial charge in [-0.05, 0) is 66.6 Å². The molecule has 0 atom stereocenters. The van der Waals surface area contributed by atoms with E-state index in [1.54, 1.807) is 18.2 Å². The minimum atomic E-state index is -0.554. The van der Waals surface area contributed by atoms with Crippen LogP contribution >= 0.6 is 0 Å². The number of rotatable bonds is 5. The van der Waals surface area contributed by atoms with Gasteiger partial charge in [-0.15, -0.1) is 0 Å². The van der Waals surface area contributed by atoms with Gasteiger partial charge < -0.3 is 14.2 Å². The summed E-state index contributed by atoms with van der Waals surface area (Å²) in [5.74, 6) is 0.613. The first kappa shape index (κ1) is 18.3. The second-order valence-electron chi connectivity index (χ2n) is 6.96. The summed E-state index contributed by atoms with van der Waals surface area (Å²) in [4.78, 5) is 24.3. The Kier molecular flexibility index (Phi) is 5.42. The molecule has 0 aromatic heterocycles. The molecule has 2 aromatic carbocycles. The van der Waals surface area contributed by atoms with E-state index in [0.717, 1.165) is 24.8 Å². The van der Waals surface area contributed by atoms with Gasteiger partial charge in [-0.2, -0.15) is 0 Å². The zero-order chi connectivity index (χ0) is 19.3. The molecule has 5 nitrogen and oxygen atoms in total. The third kappa shape index (κ3) is 4.25. The molecule has 4 rings (SSSR count). The number of carbonyl (C=O) groups excluding carboxylic acids is 2. The maximum atomic E-state index is 12.3. The molecule has 0 amide bonds. The average molecular weight is 378 g/mol. The summed E-state index contributed by atoms with van der Waals surface area (Å²) in [6.45, 7) is 0.781. The summed E-state index contributed by atoms with van der Waals surface area (Å²) in [6, 6.07) is 11.2. The highest BCUT2D eigenvalue weighted by Crippen LogP contribution is 2.31. The molecule has 1 aliphatic carbocycles. The first-order valence-corrected chi connectivity index (χ1v) is 9.58. The standard InChI is InChI=1S/C23H22O5/c24-20(19-8-7-17-3-1-2-4-18(17)14-19)15-28-23(25)10-6-16-5-9-21-22(13-16)27-12-11-26-21/h5-10,13-14H,1-4,11-12,15H2/b10-6+. The van der Waals surface area contributed by atoms with E-state index in [-0.39, 0.29) is 12.4 Å². The summed E-state index contributed by atoms with van der Waals surface area (Å²) in [5, 5.41) is 0. The number of esters is 1. The van der Waals surface area contributed by atoms with Crippen LogP contribution in [0.3, 0.4) is 0 Å². The van der Waals surface area contributed by atoms with Crippen molar-refractivity contribution in [1.82, 2.24) is 0 Å². The predicted molar refractivity (Wildman–Crippen MR) is 105 cm³/mol. The summed E-state index contributed by atoms with van der Waals surface area (Å²) in [7, 11) is 0. The van der Waals surface area contributed by atoms with Gasteiger partial charge in [0.25, 0.3) is 0 Å². The van der Waals surface area contributed by atoms with Gasteiger partial charge in [-0.3, -0.25) is 4.79 Å². The molecule has 0 fully saturated rings. The molecule has 0 bridgehead atoms. The lowest BCUT2D eigenvalue weighted by Gasteiger charge is -2.18. The number of fused-ring (bicyclic) bond motifs is 2. The molecule has 0 radical (unpaired) electrons. The SMILES string of the molecule is O=C(/C=C/c1ccc2c(c1)OCCO2)OCC(=O)c1ccc2c(c1)CCCC2. The largest absolute Gasteiger partial charge is 0.486 e. The molecular weight excluding hydrogens is 356 g/mol. The number of ether oxygens (including phenoxy) is 3. The number of carbonyl (C=O) groups is 2. The average Bonchev–Trinajstić information content (AvgIpc) is 2.75. The van der Waals surface area contributed by atoms with Crippen molar-refractivity contribution in [3.05, 3.63) is 64.7 Å². The first-order chi connectivity index (χ1) is 13.7. The number of hydrogen-bond acceptors (Lipinski definition) is 5. The van der Waals surface area contributed by atoms with E-state index in [1.807, 2.05) is 24.3 Å². The van der Waals surface area contributed by atoms with Crippen LogP contribution in [0.15, 0.2) is 42.5 Å². The molecule has 28 heavy (non-hydrogen) atoms. The highest BCUT2D eigenvalue weighted by atomic mass is 16.6. The molecular formula is C23H22O5. The van der Waals surface area contributed by atoms with Crippen molar-refractivity contribution in [2.75, 3.05) is 19.8 Å². The molecule has 0 N–H and O–H groups in total. The van der Waals surface area contributed by atoms with E-state index in [0.29, 0.717) is 30.3 Å². The van der Waals surface area contributed by atoms with Gasteiger partial charge in [0.05, 0.1) is 0 Å². The van der Waals surface area contributed by atoms with Gasteiger partial charge in [0.1, 0.15) is 13.2 Å². The zero-order valence-electron chi connectivity index (χ0n) is 15.6. The Labute approximate surface area is 163 Å². The quantitative estimate of drug-likeness (QED) is 0.450. The molecule has 144 valence electrons. The monoisotopic (exact) mass is 378 g/mol. The van der Waals surface area contributed by atoms with Crippen molar-refractivity contribution < 1.29 is 23.8 Å². The summed E-state index contributed by atoms with van der Waals surface area (Å²) >= 11 is 0. The molecule has 2 aromatic rings. The lowest BCUT2D eigenvalue weighted by Crippen LogP contribution is -2.15. The van der Waals surface area contributed by atoms with Crippen LogP contribution in [0.25, 0.3) is 6.08 Å². The maximum Gasteiger partial charge on any atom is 0.331 e. The van der Waals surface area contributed by atoms with E-state index in [4.69, 9.17) is 14.2 Å². The summed E-state index contributed by atoms with van der Waals surface area (Å²) in [5.41, 5.74) is 3.95. The zero-order valence-corrected chi connectivity index (χ0v) is 15.6. The van der Waals surface area contributed by atoms with Crippen molar-refractivity contribution in [2.24, 2.45) is 0 Å². The van der Waals surface area contributed by atoms with Crippen LogP contribution in [0.4, 0.5) is 0 Å². The first-order valence-electron chi connectivity index (χ1n) is 9.58. The molecule has 0 spiro atoms. The van der Waals surface area contributed by atoms with Crippen LogP contribution < -0.4 is 9.47 Å². The molecule has 0 saturated heterocycles. The highest BCUT2D eigenvalue weighted by Gasteiger charge is 2.14. The van der Waals surface area contributed by atoms with Gasteiger partial charge in [0, 0.05) is 11.6 Å². The van der Waals surface area contributed by atoms with Crippen molar-refractivity contribution >= 4 is 17.8 Å². The molecule has 2 aliphatic rings. The van der Waals surface area contributed by atoms with Gasteiger partial charge in [0.15, 0.2) is 23.9 Å². The van der Waals surface area contributed by atoms with Crippen molar-refractivity contribution in [3.8, 4) is 11.5 Å². The topological polar surface area (TPSA) is 61.8 Å². The van der Waals surface area contributed by atoms with Crippen molar-refractivity contribution in [1.29, 1.82) is 0 Å². The van der Waals surface area contributed by atoms with E-state index < -0.39 is 5.97 Å². The minimum Gasteiger partial charge on any atom is -0.486 e. The fraction of sp³-hybridized carbons (Fsp3) is 0.304. The summed E-state index contributed by atoms with van der Waals surface area (Å²) in [6.07, 6.45) is 7.38. The number of hydrogen-bond donors (Lipinski definition) is 0. The van der Waals surface area contributed by atoms with E-state index >= 15 is 0 Å². The second-order valence-corrected chi connectivity index (χ2v) is 6.96. The Balaban J connectivity index is 1.33. The van der Waals surface area contributed by atoms with Crippen molar-refractivity contribution in [2.45, 2.75) is 25.7 Å². The number of ketones is 1. The van der Waals surface area contributed by atoms with Gasteiger partial charge >= 0.3 is 5.97 Å². The Morgan fingerprint density at radius 2 is 1.71 bits per heavy atom. The second kappa shape index (κ2) is 8.30. The highest BCUT2D eigenvalue weighted by molar-refractivity contribution is 5.99.